The molecule has 0 spiro atoms. The SMILES string of the molecule is Clc1ccc(-c2cnc(Cl)c(Cl)c2)c(Cl)c1. The van der Waals surface area contributed by atoms with Crippen LogP contribution in [0.4, 0.5) is 0 Å². The topological polar surface area (TPSA) is 12.9 Å². The van der Waals surface area contributed by atoms with E-state index in [-0.39, 0.29) is 5.15 Å². The van der Waals surface area contributed by atoms with Gasteiger partial charge in [0.1, 0.15) is 5.15 Å². The smallest absolute Gasteiger partial charge is 0.147 e. The lowest BCUT2D eigenvalue weighted by Crippen LogP contribution is -1.83. The maximum absolute atomic E-state index is 6.07. The van der Waals surface area contributed by atoms with Gasteiger partial charge in [0.2, 0.25) is 0 Å². The molecule has 1 aromatic heterocycles. The third-order valence-corrected chi connectivity index (χ3v) is 3.27. The number of hydrogen-bond acceptors (Lipinski definition) is 1. The number of rotatable bonds is 1. The average Bonchev–Trinajstić information content (AvgIpc) is 2.22. The minimum absolute atomic E-state index is 0.274. The molecular formula is C11H5Cl4N. The highest BCUT2D eigenvalue weighted by Crippen LogP contribution is 2.32. The molecule has 1 heterocycles. The molecule has 82 valence electrons. The molecule has 0 atom stereocenters. The molecule has 0 saturated carbocycles. The highest BCUT2D eigenvalue weighted by Gasteiger charge is 2.07. The molecule has 0 amide bonds. The van der Waals surface area contributed by atoms with Crippen molar-refractivity contribution in [2.45, 2.75) is 0 Å². The summed E-state index contributed by atoms with van der Waals surface area (Å²) in [5.41, 5.74) is 1.62. The van der Waals surface area contributed by atoms with Gasteiger partial charge in [0, 0.05) is 27.4 Å². The molecule has 0 radical (unpaired) electrons. The van der Waals surface area contributed by atoms with Gasteiger partial charge < -0.3 is 0 Å². The van der Waals surface area contributed by atoms with Gasteiger partial charge in [-0.15, -0.1) is 0 Å². The number of aromatic nitrogens is 1. The summed E-state index contributed by atoms with van der Waals surface area (Å²) in [5, 5.41) is 1.80. The summed E-state index contributed by atoms with van der Waals surface area (Å²) in [7, 11) is 0. The molecule has 0 aliphatic heterocycles. The molecule has 0 saturated heterocycles. The Labute approximate surface area is 113 Å². The third-order valence-electron chi connectivity index (χ3n) is 2.04. The highest BCUT2D eigenvalue weighted by molar-refractivity contribution is 6.41. The van der Waals surface area contributed by atoms with Crippen molar-refractivity contribution in [2.75, 3.05) is 0 Å². The van der Waals surface area contributed by atoms with E-state index in [0.717, 1.165) is 11.1 Å². The van der Waals surface area contributed by atoms with Crippen LogP contribution in [-0.2, 0) is 0 Å². The van der Waals surface area contributed by atoms with Crippen LogP contribution in [0.5, 0.6) is 0 Å². The Morgan fingerprint density at radius 3 is 2.25 bits per heavy atom. The van der Waals surface area contributed by atoms with Crippen molar-refractivity contribution in [3.05, 3.63) is 50.7 Å². The number of nitrogens with zero attached hydrogens (tertiary/aromatic N) is 1. The first-order valence-electron chi connectivity index (χ1n) is 4.34. The molecule has 5 heteroatoms. The molecule has 1 nitrogen and oxygen atoms in total. The van der Waals surface area contributed by atoms with Gasteiger partial charge in [0.05, 0.1) is 5.02 Å². The lowest BCUT2D eigenvalue weighted by molar-refractivity contribution is 1.33. The normalized spacial score (nSPS) is 10.5. The van der Waals surface area contributed by atoms with Gasteiger partial charge in [-0.1, -0.05) is 52.5 Å². The lowest BCUT2D eigenvalue weighted by Gasteiger charge is -2.05. The lowest BCUT2D eigenvalue weighted by atomic mass is 10.1. The first-order chi connectivity index (χ1) is 7.58. The molecule has 1 aromatic carbocycles. The maximum Gasteiger partial charge on any atom is 0.147 e. The van der Waals surface area contributed by atoms with Crippen LogP contribution in [0, 0.1) is 0 Å². The average molecular weight is 293 g/mol. The molecule has 0 fully saturated rings. The monoisotopic (exact) mass is 291 g/mol. The van der Waals surface area contributed by atoms with E-state index in [4.69, 9.17) is 46.4 Å². The van der Waals surface area contributed by atoms with Crippen molar-refractivity contribution >= 4 is 46.4 Å². The summed E-state index contributed by atoms with van der Waals surface area (Å²) < 4.78 is 0. The predicted octanol–water partition coefficient (Wildman–Crippen LogP) is 5.36. The summed E-state index contributed by atoms with van der Waals surface area (Å²) in [6.07, 6.45) is 1.61. The van der Waals surface area contributed by atoms with Crippen molar-refractivity contribution in [1.82, 2.24) is 4.98 Å². The summed E-state index contributed by atoms with van der Waals surface area (Å²) in [4.78, 5) is 3.96. The van der Waals surface area contributed by atoms with Crippen LogP contribution in [0.2, 0.25) is 20.2 Å². The molecule has 0 bridgehead atoms. The first kappa shape index (κ1) is 12.0. The molecule has 2 aromatic rings. The Balaban J connectivity index is 2.54. The van der Waals surface area contributed by atoms with Gasteiger partial charge in [-0.25, -0.2) is 4.98 Å². The van der Waals surface area contributed by atoms with Gasteiger partial charge >= 0.3 is 0 Å². The van der Waals surface area contributed by atoms with E-state index < -0.39 is 0 Å². The standard InChI is InChI=1S/C11H5Cl4N/c12-7-1-2-8(9(13)4-7)6-3-10(14)11(15)16-5-6/h1-5H. The largest absolute Gasteiger partial charge is 0.242 e. The molecular weight excluding hydrogens is 288 g/mol. The van der Waals surface area contributed by atoms with Crippen molar-refractivity contribution in [1.29, 1.82) is 0 Å². The molecule has 0 N–H and O–H groups in total. The molecule has 0 unspecified atom stereocenters. The van der Waals surface area contributed by atoms with Crippen LogP contribution < -0.4 is 0 Å². The minimum Gasteiger partial charge on any atom is -0.242 e. The third kappa shape index (κ3) is 2.44. The number of hydrogen-bond donors (Lipinski definition) is 0. The van der Waals surface area contributed by atoms with Crippen LogP contribution in [0.25, 0.3) is 11.1 Å². The van der Waals surface area contributed by atoms with E-state index in [1.807, 2.05) is 6.07 Å². The van der Waals surface area contributed by atoms with Crippen LogP contribution in [0.1, 0.15) is 0 Å². The zero-order valence-electron chi connectivity index (χ0n) is 7.85. The van der Waals surface area contributed by atoms with E-state index >= 15 is 0 Å². The van der Waals surface area contributed by atoms with Gasteiger partial charge in [0.15, 0.2) is 0 Å². The van der Waals surface area contributed by atoms with Crippen LogP contribution >= 0.6 is 46.4 Å². The fourth-order valence-electron chi connectivity index (χ4n) is 1.29. The zero-order valence-corrected chi connectivity index (χ0v) is 10.9. The Morgan fingerprint density at radius 2 is 1.62 bits per heavy atom. The zero-order chi connectivity index (χ0) is 11.7. The van der Waals surface area contributed by atoms with Gasteiger partial charge in [-0.2, -0.15) is 0 Å². The van der Waals surface area contributed by atoms with Crippen LogP contribution in [-0.4, -0.2) is 4.98 Å². The summed E-state index contributed by atoms with van der Waals surface area (Å²) in [6, 6.07) is 6.95. The molecule has 0 aliphatic carbocycles. The Morgan fingerprint density at radius 1 is 0.875 bits per heavy atom. The van der Waals surface area contributed by atoms with Crippen molar-refractivity contribution in [3.8, 4) is 11.1 Å². The first-order valence-corrected chi connectivity index (χ1v) is 5.85. The molecule has 2 rings (SSSR count). The van der Waals surface area contributed by atoms with Crippen molar-refractivity contribution in [2.24, 2.45) is 0 Å². The van der Waals surface area contributed by atoms with Crippen molar-refractivity contribution in [3.63, 3.8) is 0 Å². The van der Waals surface area contributed by atoms with Crippen molar-refractivity contribution < 1.29 is 0 Å². The Hall–Kier alpha value is -0.470. The molecule has 0 aliphatic rings. The van der Waals surface area contributed by atoms with Gasteiger partial charge in [0.25, 0.3) is 0 Å². The Kier molecular flexibility index (Phi) is 3.60. The van der Waals surface area contributed by atoms with E-state index in [2.05, 4.69) is 4.98 Å². The van der Waals surface area contributed by atoms with Gasteiger partial charge in [-0.05, 0) is 18.2 Å². The highest BCUT2D eigenvalue weighted by atomic mass is 35.5. The number of benzene rings is 1. The summed E-state index contributed by atoms with van der Waals surface area (Å²) in [6.45, 7) is 0. The second kappa shape index (κ2) is 4.80. The maximum atomic E-state index is 6.07. The number of pyridine rings is 1. The second-order valence-corrected chi connectivity index (χ2v) is 4.73. The fourth-order valence-corrected chi connectivity index (χ4v) is 2.08. The van der Waals surface area contributed by atoms with E-state index in [1.54, 1.807) is 24.4 Å². The summed E-state index contributed by atoms with van der Waals surface area (Å²) in [5.74, 6) is 0. The molecule has 16 heavy (non-hydrogen) atoms. The predicted molar refractivity (Wildman–Crippen MR) is 69.7 cm³/mol. The fraction of sp³-hybridized carbons (Fsp3) is 0. The second-order valence-electron chi connectivity index (χ2n) is 3.12. The Bertz CT molecular complexity index is 540. The van der Waals surface area contributed by atoms with Crippen LogP contribution in [0.15, 0.2) is 30.5 Å². The van der Waals surface area contributed by atoms with Crippen LogP contribution in [0.3, 0.4) is 0 Å². The van der Waals surface area contributed by atoms with E-state index in [0.29, 0.717) is 15.1 Å². The number of halogens is 4. The van der Waals surface area contributed by atoms with E-state index in [1.165, 1.54) is 0 Å². The summed E-state index contributed by atoms with van der Waals surface area (Å²) >= 11 is 23.5. The van der Waals surface area contributed by atoms with Gasteiger partial charge in [-0.3, -0.25) is 0 Å². The minimum atomic E-state index is 0.274. The quantitative estimate of drug-likeness (QED) is 0.645. The van der Waals surface area contributed by atoms with E-state index in [9.17, 15) is 0 Å².